The van der Waals surface area contributed by atoms with E-state index in [0.717, 1.165) is 12.1 Å². The number of nitrogens with zero attached hydrogens (tertiary/aromatic N) is 1. The van der Waals surface area contributed by atoms with Crippen LogP contribution in [0.4, 0.5) is 19.1 Å². The summed E-state index contributed by atoms with van der Waals surface area (Å²) in [5.41, 5.74) is 5.36. The molecule has 0 atom stereocenters. The Morgan fingerprint density at radius 3 is 2.47 bits per heavy atom. The predicted molar refractivity (Wildman–Crippen MR) is 48.3 cm³/mol. The van der Waals surface area contributed by atoms with E-state index < -0.39 is 17.5 Å². The van der Waals surface area contributed by atoms with Crippen molar-refractivity contribution >= 4 is 5.95 Å². The van der Waals surface area contributed by atoms with Gasteiger partial charge in [-0.3, -0.25) is 0 Å². The summed E-state index contributed by atoms with van der Waals surface area (Å²) < 4.78 is 38.7. The van der Waals surface area contributed by atoms with Crippen LogP contribution in [-0.4, -0.2) is 9.97 Å². The van der Waals surface area contributed by atoms with Crippen LogP contribution in [0.5, 0.6) is 0 Å². The van der Waals surface area contributed by atoms with Gasteiger partial charge in [0.1, 0.15) is 0 Å². The average molecular weight is 213 g/mol. The van der Waals surface area contributed by atoms with Gasteiger partial charge < -0.3 is 10.7 Å². The number of hydrogen-bond acceptors (Lipinski definition) is 2. The third-order valence-corrected chi connectivity index (χ3v) is 1.92. The minimum absolute atomic E-state index is 0.0779. The first-order chi connectivity index (χ1) is 7.09. The van der Waals surface area contributed by atoms with Crippen molar-refractivity contribution in [1.82, 2.24) is 9.97 Å². The number of rotatable bonds is 1. The molecule has 0 fully saturated rings. The van der Waals surface area contributed by atoms with Crippen LogP contribution in [0.3, 0.4) is 0 Å². The van der Waals surface area contributed by atoms with Crippen molar-refractivity contribution in [2.45, 2.75) is 0 Å². The first-order valence-electron chi connectivity index (χ1n) is 4.04. The van der Waals surface area contributed by atoms with Crippen molar-refractivity contribution in [1.29, 1.82) is 0 Å². The molecular formula is C9H6F3N3. The number of H-pyrrole nitrogens is 1. The van der Waals surface area contributed by atoms with E-state index in [1.165, 1.54) is 6.20 Å². The SMILES string of the molecule is Nc1ncc(-c2ccc(F)c(F)c2F)[nH]1. The number of hydrogen-bond donors (Lipinski definition) is 2. The topological polar surface area (TPSA) is 54.7 Å². The van der Waals surface area contributed by atoms with Gasteiger partial charge in [0, 0.05) is 5.56 Å². The molecule has 3 nitrogen and oxygen atoms in total. The van der Waals surface area contributed by atoms with E-state index in [9.17, 15) is 13.2 Å². The molecule has 0 aliphatic rings. The van der Waals surface area contributed by atoms with Crippen molar-refractivity contribution in [3.05, 3.63) is 35.8 Å². The number of imidazole rings is 1. The summed E-state index contributed by atoms with van der Waals surface area (Å²) in [5, 5.41) is 0. The zero-order valence-electron chi connectivity index (χ0n) is 7.39. The van der Waals surface area contributed by atoms with E-state index in [1.807, 2.05) is 0 Å². The Hall–Kier alpha value is -1.98. The predicted octanol–water partition coefficient (Wildman–Crippen LogP) is 2.08. The molecule has 3 N–H and O–H groups in total. The first-order valence-corrected chi connectivity index (χ1v) is 4.04. The van der Waals surface area contributed by atoms with Crippen LogP contribution in [0.1, 0.15) is 0 Å². The summed E-state index contributed by atoms with van der Waals surface area (Å²) in [6.07, 6.45) is 1.24. The van der Waals surface area contributed by atoms with Crippen LogP contribution in [0, 0.1) is 17.5 Å². The van der Waals surface area contributed by atoms with Gasteiger partial charge in [0.2, 0.25) is 0 Å². The monoisotopic (exact) mass is 213 g/mol. The lowest BCUT2D eigenvalue weighted by atomic mass is 10.1. The highest BCUT2D eigenvalue weighted by atomic mass is 19.2. The summed E-state index contributed by atoms with van der Waals surface area (Å²) in [5.74, 6) is -3.93. The molecular weight excluding hydrogens is 207 g/mol. The first kappa shape index (κ1) is 9.57. The Kier molecular flexibility index (Phi) is 2.11. The zero-order chi connectivity index (χ0) is 11.0. The Bertz CT molecular complexity index is 507. The molecule has 0 spiro atoms. The van der Waals surface area contributed by atoms with Gasteiger partial charge in [-0.15, -0.1) is 0 Å². The highest BCUT2D eigenvalue weighted by Crippen LogP contribution is 2.24. The lowest BCUT2D eigenvalue weighted by Crippen LogP contribution is -1.94. The van der Waals surface area contributed by atoms with Crippen molar-refractivity contribution in [2.75, 3.05) is 5.73 Å². The standard InChI is InChI=1S/C9H6F3N3/c10-5-2-1-4(7(11)8(5)12)6-3-14-9(13)15-6/h1-3H,(H3,13,14,15). The minimum atomic E-state index is -1.51. The second-order valence-corrected chi connectivity index (χ2v) is 2.91. The van der Waals surface area contributed by atoms with E-state index in [4.69, 9.17) is 5.73 Å². The Balaban J connectivity index is 2.59. The van der Waals surface area contributed by atoms with Crippen LogP contribution in [0.2, 0.25) is 0 Å². The number of halogens is 3. The highest BCUT2D eigenvalue weighted by molar-refractivity contribution is 5.60. The Morgan fingerprint density at radius 1 is 1.13 bits per heavy atom. The highest BCUT2D eigenvalue weighted by Gasteiger charge is 2.15. The van der Waals surface area contributed by atoms with Crippen LogP contribution < -0.4 is 5.73 Å². The van der Waals surface area contributed by atoms with E-state index >= 15 is 0 Å². The normalized spacial score (nSPS) is 10.6. The molecule has 1 aromatic heterocycles. The maximum atomic E-state index is 13.3. The van der Waals surface area contributed by atoms with Crippen molar-refractivity contribution < 1.29 is 13.2 Å². The van der Waals surface area contributed by atoms with Gasteiger partial charge in [0.05, 0.1) is 11.9 Å². The number of aromatic nitrogens is 2. The average Bonchev–Trinajstić information content (AvgIpc) is 2.61. The van der Waals surface area contributed by atoms with Gasteiger partial charge in [-0.05, 0) is 12.1 Å². The van der Waals surface area contributed by atoms with Crippen LogP contribution in [-0.2, 0) is 0 Å². The summed E-state index contributed by atoms with van der Waals surface area (Å²) in [6.45, 7) is 0. The van der Waals surface area contributed by atoms with Crippen LogP contribution in [0.25, 0.3) is 11.3 Å². The molecule has 2 aromatic rings. The number of nitrogens with two attached hydrogens (primary N) is 1. The number of aromatic amines is 1. The Morgan fingerprint density at radius 2 is 1.87 bits per heavy atom. The second-order valence-electron chi connectivity index (χ2n) is 2.91. The van der Waals surface area contributed by atoms with Crippen LogP contribution >= 0.6 is 0 Å². The van der Waals surface area contributed by atoms with Crippen molar-refractivity contribution in [2.24, 2.45) is 0 Å². The minimum Gasteiger partial charge on any atom is -0.369 e. The summed E-state index contributed by atoms with van der Waals surface area (Å²) in [6, 6.07) is 1.95. The van der Waals surface area contributed by atoms with Gasteiger partial charge in [-0.25, -0.2) is 18.2 Å². The largest absolute Gasteiger partial charge is 0.369 e. The number of nitrogens with one attached hydrogen (secondary N) is 1. The zero-order valence-corrected chi connectivity index (χ0v) is 7.39. The molecule has 0 saturated carbocycles. The molecule has 0 radical (unpaired) electrons. The van der Waals surface area contributed by atoms with Gasteiger partial charge in [0.25, 0.3) is 0 Å². The second kappa shape index (κ2) is 3.30. The molecule has 0 aliphatic carbocycles. The molecule has 1 heterocycles. The van der Waals surface area contributed by atoms with E-state index in [0.29, 0.717) is 0 Å². The third-order valence-electron chi connectivity index (χ3n) is 1.92. The lowest BCUT2D eigenvalue weighted by molar-refractivity contribution is 0.449. The molecule has 15 heavy (non-hydrogen) atoms. The van der Waals surface area contributed by atoms with Crippen molar-refractivity contribution in [3.63, 3.8) is 0 Å². The fourth-order valence-electron chi connectivity index (χ4n) is 1.21. The fourth-order valence-corrected chi connectivity index (χ4v) is 1.21. The number of anilines is 1. The van der Waals surface area contributed by atoms with Gasteiger partial charge >= 0.3 is 0 Å². The van der Waals surface area contributed by atoms with Crippen LogP contribution in [0.15, 0.2) is 18.3 Å². The van der Waals surface area contributed by atoms with E-state index in [1.54, 1.807) is 0 Å². The lowest BCUT2D eigenvalue weighted by Gasteiger charge is -2.01. The fraction of sp³-hybridized carbons (Fsp3) is 0. The van der Waals surface area contributed by atoms with Gasteiger partial charge in [-0.1, -0.05) is 0 Å². The Labute approximate surface area is 82.8 Å². The molecule has 0 unspecified atom stereocenters. The molecule has 0 bridgehead atoms. The van der Waals surface area contributed by atoms with E-state index in [2.05, 4.69) is 9.97 Å². The smallest absolute Gasteiger partial charge is 0.197 e. The molecule has 0 saturated heterocycles. The molecule has 0 amide bonds. The molecule has 6 heteroatoms. The maximum absolute atomic E-state index is 13.3. The summed E-state index contributed by atoms with van der Waals surface area (Å²) in [7, 11) is 0. The van der Waals surface area contributed by atoms with Crippen molar-refractivity contribution in [3.8, 4) is 11.3 Å². The number of nitrogen functional groups attached to an aromatic ring is 1. The third kappa shape index (κ3) is 1.54. The number of benzene rings is 1. The summed E-state index contributed by atoms with van der Waals surface area (Å²) in [4.78, 5) is 6.14. The molecule has 1 aromatic carbocycles. The summed E-state index contributed by atoms with van der Waals surface area (Å²) >= 11 is 0. The molecule has 2 rings (SSSR count). The van der Waals surface area contributed by atoms with Gasteiger partial charge in [0.15, 0.2) is 23.4 Å². The molecule has 78 valence electrons. The van der Waals surface area contributed by atoms with Gasteiger partial charge in [-0.2, -0.15) is 0 Å². The molecule has 0 aliphatic heterocycles. The quantitative estimate of drug-likeness (QED) is 0.712. The maximum Gasteiger partial charge on any atom is 0.197 e. The van der Waals surface area contributed by atoms with E-state index in [-0.39, 0.29) is 17.2 Å².